The van der Waals surface area contributed by atoms with Gasteiger partial charge < -0.3 is 0 Å². The fraction of sp³-hybridized carbons (Fsp3) is 0.211. The summed E-state index contributed by atoms with van der Waals surface area (Å²) in [7, 11) is -3.90. The predicted molar refractivity (Wildman–Crippen MR) is 114 cm³/mol. The van der Waals surface area contributed by atoms with Crippen molar-refractivity contribution in [3.8, 4) is 0 Å². The number of aryl methyl sites for hydroxylation is 2. The van der Waals surface area contributed by atoms with E-state index >= 15 is 0 Å². The van der Waals surface area contributed by atoms with Crippen LogP contribution in [0.2, 0.25) is 5.02 Å². The van der Waals surface area contributed by atoms with Gasteiger partial charge in [-0.3, -0.25) is 10.1 Å². The normalized spacial score (nSPS) is 12.6. The lowest BCUT2D eigenvalue weighted by atomic mass is 10.0. The lowest BCUT2D eigenvalue weighted by Crippen LogP contribution is -2.27. The molecule has 1 heterocycles. The predicted octanol–water partition coefficient (Wildman–Crippen LogP) is 4.10. The Morgan fingerprint density at radius 3 is 2.55 bits per heavy atom. The van der Waals surface area contributed by atoms with E-state index in [2.05, 4.69) is 20.2 Å². The molecule has 1 amide bonds. The van der Waals surface area contributed by atoms with E-state index in [4.69, 9.17) is 11.6 Å². The Hall–Kier alpha value is -2.33. The zero-order valence-corrected chi connectivity index (χ0v) is 18.3. The molecule has 2 aromatic carbocycles. The maximum atomic E-state index is 12.7. The number of hydrogen-bond donors (Lipinski definition) is 2. The van der Waals surface area contributed by atoms with Gasteiger partial charge in [0.15, 0.2) is 0 Å². The molecule has 3 aromatic rings. The average Bonchev–Trinajstić information content (AvgIpc) is 3.11. The molecule has 10 heteroatoms. The van der Waals surface area contributed by atoms with E-state index in [-0.39, 0.29) is 20.1 Å². The fourth-order valence-electron chi connectivity index (χ4n) is 2.84. The Bertz CT molecular complexity index is 1160. The van der Waals surface area contributed by atoms with Gasteiger partial charge in [0.05, 0.1) is 10.6 Å². The van der Waals surface area contributed by atoms with Gasteiger partial charge in [-0.25, -0.2) is 13.1 Å². The molecule has 3 rings (SSSR count). The lowest BCUT2D eigenvalue weighted by molar-refractivity contribution is 0.102. The molecule has 0 bridgehead atoms. The van der Waals surface area contributed by atoms with Crippen LogP contribution in [-0.4, -0.2) is 24.5 Å². The van der Waals surface area contributed by atoms with Crippen molar-refractivity contribution in [3.63, 3.8) is 0 Å². The maximum absolute atomic E-state index is 12.7. The van der Waals surface area contributed by atoms with Crippen molar-refractivity contribution in [2.75, 3.05) is 5.32 Å². The SMILES string of the molecule is Cc1ccc(C(C)NS(=O)(=O)c2nnc(NC(=O)c3ccccc3Cl)s2)c(C)c1. The Morgan fingerprint density at radius 1 is 1.14 bits per heavy atom. The molecular weight excluding hydrogens is 432 g/mol. The summed E-state index contributed by atoms with van der Waals surface area (Å²) in [5.41, 5.74) is 3.22. The summed E-state index contributed by atoms with van der Waals surface area (Å²) in [5.74, 6) is -0.493. The smallest absolute Gasteiger partial charge is 0.270 e. The monoisotopic (exact) mass is 450 g/mol. The number of carbonyl (C=O) groups is 1. The number of hydrogen-bond acceptors (Lipinski definition) is 6. The minimum Gasteiger partial charge on any atom is -0.296 e. The van der Waals surface area contributed by atoms with E-state index in [1.165, 1.54) is 0 Å². The highest BCUT2D eigenvalue weighted by Crippen LogP contribution is 2.25. The molecule has 0 saturated heterocycles. The molecule has 2 N–H and O–H groups in total. The molecule has 0 saturated carbocycles. The summed E-state index contributed by atoms with van der Waals surface area (Å²) in [6.45, 7) is 5.67. The first-order valence-electron chi connectivity index (χ1n) is 8.66. The number of rotatable bonds is 6. The zero-order chi connectivity index (χ0) is 21.2. The lowest BCUT2D eigenvalue weighted by Gasteiger charge is -2.16. The zero-order valence-electron chi connectivity index (χ0n) is 15.9. The molecular formula is C19H19ClN4O3S2. The van der Waals surface area contributed by atoms with Crippen LogP contribution in [0.4, 0.5) is 5.13 Å². The Labute approximate surface area is 178 Å². The van der Waals surface area contributed by atoms with Gasteiger partial charge in [0.2, 0.25) is 9.47 Å². The Morgan fingerprint density at radius 2 is 1.86 bits per heavy atom. The van der Waals surface area contributed by atoms with Crippen molar-refractivity contribution >= 4 is 44.0 Å². The summed E-state index contributed by atoms with van der Waals surface area (Å²) in [5, 5.41) is 10.3. The van der Waals surface area contributed by atoms with Gasteiger partial charge in [-0.05, 0) is 44.0 Å². The van der Waals surface area contributed by atoms with Crippen molar-refractivity contribution in [2.24, 2.45) is 0 Å². The van der Waals surface area contributed by atoms with Gasteiger partial charge in [0, 0.05) is 6.04 Å². The molecule has 1 aromatic heterocycles. The van der Waals surface area contributed by atoms with Gasteiger partial charge in [-0.15, -0.1) is 10.2 Å². The summed E-state index contributed by atoms with van der Waals surface area (Å²) in [6, 6.07) is 11.9. The Kier molecular flexibility index (Phi) is 6.33. The number of aromatic nitrogens is 2. The summed E-state index contributed by atoms with van der Waals surface area (Å²) < 4.78 is 27.7. The molecule has 29 heavy (non-hydrogen) atoms. The van der Waals surface area contributed by atoms with Gasteiger partial charge >= 0.3 is 0 Å². The number of nitrogens with one attached hydrogen (secondary N) is 2. The van der Waals surface area contributed by atoms with E-state index in [0.717, 1.165) is 28.0 Å². The van der Waals surface area contributed by atoms with Crippen molar-refractivity contribution in [1.29, 1.82) is 0 Å². The Balaban J connectivity index is 1.74. The molecule has 1 atom stereocenters. The highest BCUT2D eigenvalue weighted by atomic mass is 35.5. The first-order valence-corrected chi connectivity index (χ1v) is 11.3. The van der Waals surface area contributed by atoms with Crippen LogP contribution in [0.3, 0.4) is 0 Å². The van der Waals surface area contributed by atoms with Gasteiger partial charge in [-0.2, -0.15) is 0 Å². The third-order valence-electron chi connectivity index (χ3n) is 4.20. The van der Waals surface area contributed by atoms with E-state index in [1.807, 2.05) is 32.0 Å². The molecule has 0 fully saturated rings. The van der Waals surface area contributed by atoms with Crippen LogP contribution in [0, 0.1) is 13.8 Å². The summed E-state index contributed by atoms with van der Waals surface area (Å²) >= 11 is 6.77. The second-order valence-electron chi connectivity index (χ2n) is 6.51. The van der Waals surface area contributed by atoms with Gasteiger partial charge in [0.1, 0.15) is 0 Å². The topological polar surface area (TPSA) is 101 Å². The molecule has 0 spiro atoms. The van der Waals surface area contributed by atoms with Gasteiger partial charge in [0.25, 0.3) is 15.9 Å². The van der Waals surface area contributed by atoms with Crippen molar-refractivity contribution in [1.82, 2.24) is 14.9 Å². The van der Waals surface area contributed by atoms with Gasteiger partial charge in [-0.1, -0.05) is 58.8 Å². The first kappa shape index (κ1) is 21.4. The summed E-state index contributed by atoms with van der Waals surface area (Å²) in [4.78, 5) is 12.3. The van der Waals surface area contributed by atoms with Crippen molar-refractivity contribution in [2.45, 2.75) is 31.2 Å². The third-order valence-corrected chi connectivity index (χ3v) is 7.28. The maximum Gasteiger partial charge on any atom is 0.270 e. The van der Waals surface area contributed by atoms with Crippen LogP contribution < -0.4 is 10.0 Å². The standard InChI is InChI=1S/C19H19ClN4O3S2/c1-11-8-9-14(12(2)10-11)13(3)24-29(26,27)19-23-22-18(28-19)21-17(25)15-6-4-5-7-16(15)20/h4-10,13,24H,1-3H3,(H,21,22,25). The number of carbonyl (C=O) groups excluding carboxylic acids is 1. The van der Waals surface area contributed by atoms with Crippen LogP contribution in [0.25, 0.3) is 0 Å². The molecule has 0 aliphatic rings. The number of benzene rings is 2. The second-order valence-corrected chi connectivity index (χ2v) is 9.78. The average molecular weight is 451 g/mol. The first-order chi connectivity index (χ1) is 13.7. The van der Waals surface area contributed by atoms with Crippen LogP contribution in [-0.2, 0) is 10.0 Å². The molecule has 0 aliphatic heterocycles. The van der Waals surface area contributed by atoms with Crippen LogP contribution in [0.15, 0.2) is 46.8 Å². The van der Waals surface area contributed by atoms with Crippen molar-refractivity contribution in [3.05, 3.63) is 69.7 Å². The minimum absolute atomic E-state index is 0.0643. The molecule has 0 aliphatic carbocycles. The number of anilines is 1. The number of halogens is 1. The van der Waals surface area contributed by atoms with E-state index < -0.39 is 22.0 Å². The van der Waals surface area contributed by atoms with Crippen LogP contribution >= 0.6 is 22.9 Å². The van der Waals surface area contributed by atoms with Crippen molar-refractivity contribution < 1.29 is 13.2 Å². The second kappa shape index (κ2) is 8.58. The quantitative estimate of drug-likeness (QED) is 0.550. The van der Waals surface area contributed by atoms with E-state index in [0.29, 0.717) is 0 Å². The van der Waals surface area contributed by atoms with E-state index in [1.54, 1.807) is 31.2 Å². The number of nitrogens with zero attached hydrogens (tertiary/aromatic N) is 2. The highest BCUT2D eigenvalue weighted by molar-refractivity contribution is 7.91. The minimum atomic E-state index is -3.90. The van der Waals surface area contributed by atoms with Crippen LogP contribution in [0.1, 0.15) is 40.0 Å². The number of sulfonamides is 1. The number of amides is 1. The molecule has 1 unspecified atom stereocenters. The van der Waals surface area contributed by atoms with Crippen LogP contribution in [0.5, 0.6) is 0 Å². The highest BCUT2D eigenvalue weighted by Gasteiger charge is 2.24. The summed E-state index contributed by atoms with van der Waals surface area (Å²) in [6.07, 6.45) is 0. The third kappa shape index (κ3) is 4.99. The molecule has 152 valence electrons. The molecule has 0 radical (unpaired) electrons. The largest absolute Gasteiger partial charge is 0.296 e. The fourth-order valence-corrected chi connectivity index (χ4v) is 5.19. The van der Waals surface area contributed by atoms with E-state index in [9.17, 15) is 13.2 Å². The molecule has 7 nitrogen and oxygen atoms in total.